The van der Waals surface area contributed by atoms with Crippen molar-refractivity contribution in [3.8, 4) is 5.69 Å². The van der Waals surface area contributed by atoms with Crippen LogP contribution in [0, 0.1) is 5.82 Å². The molecule has 0 radical (unpaired) electrons. The standard InChI is InChI=1S/C22H23FN6O2S/c1-16-14-27(32(30,31)21-13-24-26(2)15-21)9-10-28(16)20-7-8-22-17(11-20)12-25-29(22)19-5-3-18(23)4-6-19/h3-8,11-13,15-16H,9-10,14H2,1-2H3. The molecule has 32 heavy (non-hydrogen) atoms. The zero-order valence-electron chi connectivity index (χ0n) is 17.8. The van der Waals surface area contributed by atoms with Crippen molar-refractivity contribution in [2.24, 2.45) is 7.05 Å². The zero-order valence-corrected chi connectivity index (χ0v) is 18.6. The highest BCUT2D eigenvalue weighted by atomic mass is 32.2. The highest BCUT2D eigenvalue weighted by molar-refractivity contribution is 7.89. The summed E-state index contributed by atoms with van der Waals surface area (Å²) < 4.78 is 43.9. The van der Waals surface area contributed by atoms with Gasteiger partial charge in [-0.15, -0.1) is 0 Å². The minimum absolute atomic E-state index is 0.000195. The lowest BCUT2D eigenvalue weighted by atomic mass is 10.1. The van der Waals surface area contributed by atoms with Crippen LogP contribution in [-0.4, -0.2) is 58.0 Å². The van der Waals surface area contributed by atoms with Crippen LogP contribution in [0.1, 0.15) is 6.92 Å². The fraction of sp³-hybridized carbons (Fsp3) is 0.273. The van der Waals surface area contributed by atoms with Crippen molar-refractivity contribution in [3.63, 3.8) is 0 Å². The molecule has 1 atom stereocenters. The average Bonchev–Trinajstić information content (AvgIpc) is 3.40. The van der Waals surface area contributed by atoms with E-state index in [4.69, 9.17) is 0 Å². The average molecular weight is 455 g/mol. The van der Waals surface area contributed by atoms with Gasteiger partial charge in [0.05, 0.1) is 23.6 Å². The number of piperazine rings is 1. The third kappa shape index (κ3) is 3.55. The number of fused-ring (bicyclic) bond motifs is 1. The molecule has 4 aromatic rings. The van der Waals surface area contributed by atoms with Crippen molar-refractivity contribution in [2.75, 3.05) is 24.5 Å². The monoisotopic (exact) mass is 454 g/mol. The number of sulfonamides is 1. The molecule has 166 valence electrons. The van der Waals surface area contributed by atoms with Crippen molar-refractivity contribution >= 4 is 26.6 Å². The summed E-state index contributed by atoms with van der Waals surface area (Å²) in [6.45, 7) is 3.40. The van der Waals surface area contributed by atoms with Gasteiger partial charge in [-0.3, -0.25) is 4.68 Å². The molecule has 0 amide bonds. The Kier molecular flexibility index (Phi) is 4.98. The molecule has 1 aliphatic rings. The van der Waals surface area contributed by atoms with Gasteiger partial charge in [0.2, 0.25) is 10.0 Å². The summed E-state index contributed by atoms with van der Waals surface area (Å²) in [6, 6.07) is 12.3. The van der Waals surface area contributed by atoms with Gasteiger partial charge in [0.15, 0.2) is 0 Å². The molecule has 1 fully saturated rings. The number of anilines is 1. The summed E-state index contributed by atoms with van der Waals surface area (Å²) >= 11 is 0. The van der Waals surface area contributed by atoms with E-state index in [2.05, 4.69) is 21.2 Å². The lowest BCUT2D eigenvalue weighted by Gasteiger charge is -2.40. The van der Waals surface area contributed by atoms with Gasteiger partial charge in [0.25, 0.3) is 0 Å². The smallest absolute Gasteiger partial charge is 0.246 e. The fourth-order valence-electron chi connectivity index (χ4n) is 4.19. The molecule has 0 spiro atoms. The van der Waals surface area contributed by atoms with Crippen molar-refractivity contribution in [1.82, 2.24) is 23.9 Å². The lowest BCUT2D eigenvalue weighted by molar-refractivity contribution is 0.342. The van der Waals surface area contributed by atoms with Crippen LogP contribution in [-0.2, 0) is 17.1 Å². The number of halogens is 1. The van der Waals surface area contributed by atoms with Crippen molar-refractivity contribution in [3.05, 3.63) is 66.9 Å². The summed E-state index contributed by atoms with van der Waals surface area (Å²) in [7, 11) is -1.86. The number of aryl methyl sites for hydroxylation is 1. The van der Waals surface area contributed by atoms with Crippen molar-refractivity contribution < 1.29 is 12.8 Å². The van der Waals surface area contributed by atoms with Gasteiger partial charge in [-0.25, -0.2) is 17.5 Å². The Balaban J connectivity index is 1.38. The SMILES string of the molecule is CC1CN(S(=O)(=O)c2cnn(C)c2)CCN1c1ccc2c(cnn2-c2ccc(F)cc2)c1. The molecule has 0 bridgehead atoms. The number of nitrogens with zero attached hydrogens (tertiary/aromatic N) is 6. The van der Waals surface area contributed by atoms with Crippen LogP contribution in [0.3, 0.4) is 0 Å². The third-order valence-electron chi connectivity index (χ3n) is 5.86. The van der Waals surface area contributed by atoms with E-state index in [1.807, 2.05) is 19.1 Å². The first kappa shape index (κ1) is 20.7. The van der Waals surface area contributed by atoms with Gasteiger partial charge >= 0.3 is 0 Å². The van der Waals surface area contributed by atoms with Crippen LogP contribution >= 0.6 is 0 Å². The molecular weight excluding hydrogens is 431 g/mol. The normalized spacial score (nSPS) is 17.8. The largest absolute Gasteiger partial charge is 0.366 e. The Morgan fingerprint density at radius 1 is 1.00 bits per heavy atom. The molecule has 8 nitrogen and oxygen atoms in total. The molecule has 3 heterocycles. The molecule has 1 aliphatic heterocycles. The maximum Gasteiger partial charge on any atom is 0.246 e. The molecule has 0 aliphatic carbocycles. The van der Waals surface area contributed by atoms with E-state index in [0.717, 1.165) is 22.3 Å². The second kappa shape index (κ2) is 7.72. The third-order valence-corrected chi connectivity index (χ3v) is 7.68. The zero-order chi connectivity index (χ0) is 22.5. The molecule has 2 aromatic heterocycles. The van der Waals surface area contributed by atoms with E-state index >= 15 is 0 Å². The Morgan fingerprint density at radius 3 is 2.44 bits per heavy atom. The van der Waals surface area contributed by atoms with Crippen molar-refractivity contribution in [1.29, 1.82) is 0 Å². The molecule has 1 unspecified atom stereocenters. The van der Waals surface area contributed by atoms with E-state index in [9.17, 15) is 12.8 Å². The summed E-state index contributed by atoms with van der Waals surface area (Å²) in [5.74, 6) is -0.286. The van der Waals surface area contributed by atoms with E-state index < -0.39 is 10.0 Å². The van der Waals surface area contributed by atoms with Crippen LogP contribution < -0.4 is 4.90 Å². The first-order valence-electron chi connectivity index (χ1n) is 10.3. The summed E-state index contributed by atoms with van der Waals surface area (Å²) in [5.41, 5.74) is 2.73. The first-order chi connectivity index (χ1) is 15.3. The minimum Gasteiger partial charge on any atom is -0.366 e. The maximum atomic E-state index is 13.3. The van der Waals surface area contributed by atoms with Crippen LogP contribution in [0.15, 0.2) is 66.0 Å². The molecule has 5 rings (SSSR count). The number of rotatable bonds is 4. The van der Waals surface area contributed by atoms with Crippen LogP contribution in [0.4, 0.5) is 10.1 Å². The first-order valence-corrected chi connectivity index (χ1v) is 11.8. The molecule has 0 N–H and O–H groups in total. The van der Waals surface area contributed by atoms with E-state index in [-0.39, 0.29) is 16.8 Å². The van der Waals surface area contributed by atoms with Crippen molar-refractivity contribution in [2.45, 2.75) is 17.9 Å². The Bertz CT molecular complexity index is 1380. The van der Waals surface area contributed by atoms with Gasteiger partial charge in [0, 0.05) is 50.0 Å². The molecule has 2 aromatic carbocycles. The lowest BCUT2D eigenvalue weighted by Crippen LogP contribution is -2.53. The van der Waals surface area contributed by atoms with Crippen LogP contribution in [0.25, 0.3) is 16.6 Å². The molecule has 10 heteroatoms. The summed E-state index contributed by atoms with van der Waals surface area (Å²) in [5, 5.41) is 9.41. The Morgan fingerprint density at radius 2 is 1.75 bits per heavy atom. The van der Waals surface area contributed by atoms with Gasteiger partial charge < -0.3 is 4.90 Å². The number of aromatic nitrogens is 4. The topological polar surface area (TPSA) is 76.3 Å². The van der Waals surface area contributed by atoms with Gasteiger partial charge in [0.1, 0.15) is 10.7 Å². The quantitative estimate of drug-likeness (QED) is 0.474. The number of hydrogen-bond acceptors (Lipinski definition) is 5. The van der Waals surface area contributed by atoms with E-state index in [0.29, 0.717) is 19.6 Å². The second-order valence-electron chi connectivity index (χ2n) is 8.03. The van der Waals surface area contributed by atoms with Crippen LogP contribution in [0.2, 0.25) is 0 Å². The van der Waals surface area contributed by atoms with Gasteiger partial charge in [-0.2, -0.15) is 14.5 Å². The highest BCUT2D eigenvalue weighted by Crippen LogP contribution is 2.28. The molecular formula is C22H23FN6O2S. The minimum atomic E-state index is -3.56. The summed E-state index contributed by atoms with van der Waals surface area (Å²) in [4.78, 5) is 2.43. The van der Waals surface area contributed by atoms with E-state index in [1.165, 1.54) is 33.5 Å². The fourth-order valence-corrected chi connectivity index (χ4v) is 5.69. The molecule has 1 saturated heterocycles. The summed E-state index contributed by atoms with van der Waals surface area (Å²) in [6.07, 6.45) is 4.70. The Labute approximate surface area is 185 Å². The Hall–Kier alpha value is -3.24. The predicted molar refractivity (Wildman–Crippen MR) is 120 cm³/mol. The van der Waals surface area contributed by atoms with Gasteiger partial charge in [-0.05, 0) is 49.4 Å². The number of benzene rings is 2. The predicted octanol–water partition coefficient (Wildman–Crippen LogP) is 2.80. The maximum absolute atomic E-state index is 13.3. The number of hydrogen-bond donors (Lipinski definition) is 0. The molecule has 0 saturated carbocycles. The van der Waals surface area contributed by atoms with Crippen LogP contribution in [0.5, 0.6) is 0 Å². The van der Waals surface area contributed by atoms with Gasteiger partial charge in [-0.1, -0.05) is 0 Å². The highest BCUT2D eigenvalue weighted by Gasteiger charge is 2.33. The second-order valence-corrected chi connectivity index (χ2v) is 9.97. The van der Waals surface area contributed by atoms with E-state index in [1.54, 1.807) is 30.1 Å².